The van der Waals surface area contributed by atoms with Crippen molar-refractivity contribution in [3.8, 4) is 0 Å². The summed E-state index contributed by atoms with van der Waals surface area (Å²) in [6.45, 7) is 6.45. The molecule has 2 saturated carbocycles. The summed E-state index contributed by atoms with van der Waals surface area (Å²) in [5, 5.41) is 35.9. The van der Waals surface area contributed by atoms with Crippen LogP contribution in [0, 0.1) is 28.1 Å². The molecule has 12 atom stereocenters. The Hall–Kier alpha value is -3.26. The predicted octanol–water partition coefficient (Wildman–Crippen LogP) is -0.0376. The Bertz CT molecular complexity index is 1370. The first kappa shape index (κ1) is 26.6. The molecule has 7 unspecified atom stereocenters. The molecular weight excluding hydrogens is 544 g/mol. The lowest BCUT2D eigenvalue weighted by atomic mass is 9.51. The predicted molar refractivity (Wildman–Crippen MR) is 129 cm³/mol. The molecule has 41 heavy (non-hydrogen) atoms. The average Bonchev–Trinajstić information content (AvgIpc) is 3.61. The second-order valence-electron chi connectivity index (χ2n) is 12.9. The van der Waals surface area contributed by atoms with E-state index in [0.29, 0.717) is 5.56 Å². The standard InChI is InChI=1S/C28H30O13/c1-11-19(31)38-18-15(29)26-17-13(37-23(34)36-10-12-8-6-5-7-9-12)14(24(2,3)4)25(26)16(30)20(32)40-22(25)41-28(26,21(33)39-17)27(11,18)35/h5-9,11,13-18,22,29-30,35H,10H2,1-4H3/t11-,13-,14?,15+,16+,17?,18?,22?,25?,26?,27-,28?/m1/s1. The zero-order valence-corrected chi connectivity index (χ0v) is 22.6. The summed E-state index contributed by atoms with van der Waals surface area (Å²) in [5.74, 6) is -5.56. The summed E-state index contributed by atoms with van der Waals surface area (Å²) in [6.07, 6.45) is -11.3. The van der Waals surface area contributed by atoms with Crippen LogP contribution in [0.25, 0.3) is 0 Å². The molecule has 0 aromatic heterocycles. The molecule has 13 heteroatoms. The van der Waals surface area contributed by atoms with Gasteiger partial charge in [-0.1, -0.05) is 51.1 Å². The number of carbonyl (C=O) groups excluding carboxylic acids is 4. The number of carbonyl (C=O) groups is 4. The Labute approximate surface area is 233 Å². The zero-order valence-electron chi connectivity index (χ0n) is 22.6. The largest absolute Gasteiger partial charge is 0.509 e. The van der Waals surface area contributed by atoms with E-state index >= 15 is 0 Å². The van der Waals surface area contributed by atoms with Gasteiger partial charge in [0.1, 0.15) is 18.8 Å². The summed E-state index contributed by atoms with van der Waals surface area (Å²) in [5.41, 5.74) is -9.34. The van der Waals surface area contributed by atoms with Crippen molar-refractivity contribution in [1.29, 1.82) is 0 Å². The van der Waals surface area contributed by atoms with Crippen LogP contribution in [0.15, 0.2) is 30.3 Å². The van der Waals surface area contributed by atoms with Crippen LogP contribution in [0.3, 0.4) is 0 Å². The summed E-state index contributed by atoms with van der Waals surface area (Å²) in [7, 11) is 0. The Balaban J connectivity index is 1.41. The topological polar surface area (TPSA) is 184 Å². The molecular formula is C28H30O13. The van der Waals surface area contributed by atoms with E-state index in [9.17, 15) is 34.5 Å². The van der Waals surface area contributed by atoms with Crippen LogP contribution < -0.4 is 0 Å². The Kier molecular flexibility index (Phi) is 5.04. The van der Waals surface area contributed by atoms with Gasteiger partial charge < -0.3 is 43.7 Å². The van der Waals surface area contributed by atoms with Gasteiger partial charge in [0.2, 0.25) is 11.9 Å². The fourth-order valence-electron chi connectivity index (χ4n) is 9.21. The average molecular weight is 575 g/mol. The molecule has 220 valence electrons. The first-order chi connectivity index (χ1) is 19.2. The van der Waals surface area contributed by atoms with E-state index in [0.717, 1.165) is 0 Å². The van der Waals surface area contributed by atoms with Crippen LogP contribution >= 0.6 is 0 Å². The molecule has 1 aromatic carbocycles. The van der Waals surface area contributed by atoms with Crippen LogP contribution in [0.5, 0.6) is 0 Å². The van der Waals surface area contributed by atoms with Gasteiger partial charge in [-0.25, -0.2) is 14.4 Å². The number of ether oxygens (including phenoxy) is 6. The van der Waals surface area contributed by atoms with E-state index < -0.39 is 100 Å². The fraction of sp³-hybridized carbons (Fsp3) is 0.643. The number of rotatable bonds is 3. The molecule has 6 fully saturated rings. The van der Waals surface area contributed by atoms with Crippen LogP contribution in [0.1, 0.15) is 33.3 Å². The minimum absolute atomic E-state index is 0.134. The summed E-state index contributed by atoms with van der Waals surface area (Å²) in [6, 6.07) is 8.82. The molecule has 4 saturated heterocycles. The first-order valence-corrected chi connectivity index (χ1v) is 13.5. The third-order valence-electron chi connectivity index (χ3n) is 10.4. The molecule has 2 aliphatic carbocycles. The molecule has 3 N–H and O–H groups in total. The number of aliphatic hydroxyl groups excluding tert-OH is 2. The van der Waals surface area contributed by atoms with Gasteiger partial charge in [0, 0.05) is 5.92 Å². The highest BCUT2D eigenvalue weighted by Gasteiger charge is 3.05. The molecule has 4 aliphatic heterocycles. The van der Waals surface area contributed by atoms with Gasteiger partial charge in [0.25, 0.3) is 0 Å². The minimum atomic E-state index is -2.51. The lowest BCUT2D eigenvalue weighted by molar-refractivity contribution is -0.240. The van der Waals surface area contributed by atoms with Crippen molar-refractivity contribution in [3.63, 3.8) is 0 Å². The number of aliphatic hydroxyl groups is 3. The maximum atomic E-state index is 13.9. The normalized spacial score (nSPS) is 48.6. The maximum Gasteiger partial charge on any atom is 0.509 e. The highest BCUT2D eigenvalue weighted by atomic mass is 16.8. The lowest BCUT2D eigenvalue weighted by Gasteiger charge is -2.47. The monoisotopic (exact) mass is 574 g/mol. The molecule has 6 aliphatic rings. The number of fused-ring (bicyclic) bond motifs is 1. The number of hydrogen-bond acceptors (Lipinski definition) is 13. The molecule has 7 rings (SSSR count). The molecule has 2 spiro atoms. The van der Waals surface area contributed by atoms with Crippen molar-refractivity contribution >= 4 is 24.1 Å². The van der Waals surface area contributed by atoms with Crippen molar-refractivity contribution < 1.29 is 62.9 Å². The van der Waals surface area contributed by atoms with Crippen LogP contribution in [-0.2, 0) is 49.4 Å². The van der Waals surface area contributed by atoms with Crippen LogP contribution in [0.4, 0.5) is 4.79 Å². The summed E-state index contributed by atoms with van der Waals surface area (Å²) >= 11 is 0. The van der Waals surface area contributed by atoms with Crippen LogP contribution in [0.2, 0.25) is 0 Å². The lowest BCUT2D eigenvalue weighted by Crippen LogP contribution is -2.67. The van der Waals surface area contributed by atoms with Crippen molar-refractivity contribution in [2.75, 3.05) is 0 Å². The van der Waals surface area contributed by atoms with Crippen molar-refractivity contribution in [2.24, 2.45) is 28.1 Å². The minimum Gasteiger partial charge on any atom is -0.456 e. The Morgan fingerprint density at radius 3 is 2.34 bits per heavy atom. The van der Waals surface area contributed by atoms with Crippen molar-refractivity contribution in [2.45, 2.75) is 82.3 Å². The zero-order chi connectivity index (χ0) is 29.5. The summed E-state index contributed by atoms with van der Waals surface area (Å²) < 4.78 is 34.1. The Morgan fingerprint density at radius 2 is 1.68 bits per heavy atom. The second kappa shape index (κ2) is 7.77. The molecule has 0 bridgehead atoms. The van der Waals surface area contributed by atoms with E-state index in [1.165, 1.54) is 6.92 Å². The van der Waals surface area contributed by atoms with Gasteiger partial charge in [-0.2, -0.15) is 0 Å². The van der Waals surface area contributed by atoms with Gasteiger partial charge in [-0.3, -0.25) is 4.79 Å². The van der Waals surface area contributed by atoms with Gasteiger partial charge in [-0.05, 0) is 17.9 Å². The SMILES string of the molecule is C[C@@H]1C(=O)OC2[C@H](O)C34C5OC(=O)C3(OC3OC(=O)[C@H](O)C34C(C(C)(C)C)[C@H]5OC(=O)OCc3ccccc3)[C@]21O. The van der Waals surface area contributed by atoms with E-state index in [4.69, 9.17) is 28.4 Å². The molecule has 13 nitrogen and oxygen atoms in total. The summed E-state index contributed by atoms with van der Waals surface area (Å²) in [4.78, 5) is 52.7. The van der Waals surface area contributed by atoms with E-state index in [1.54, 1.807) is 51.1 Å². The highest BCUT2D eigenvalue weighted by Crippen LogP contribution is 2.84. The highest BCUT2D eigenvalue weighted by molar-refractivity contribution is 5.94. The Morgan fingerprint density at radius 1 is 1.00 bits per heavy atom. The third-order valence-corrected chi connectivity index (χ3v) is 10.4. The molecule has 4 heterocycles. The smallest absolute Gasteiger partial charge is 0.456 e. The number of esters is 3. The molecule has 0 amide bonds. The third kappa shape index (κ3) is 2.55. The van der Waals surface area contributed by atoms with Crippen LogP contribution in [-0.4, -0.2) is 87.4 Å². The fourth-order valence-corrected chi connectivity index (χ4v) is 9.21. The maximum absolute atomic E-state index is 13.9. The quantitative estimate of drug-likeness (QED) is 0.323. The van der Waals surface area contributed by atoms with E-state index in [1.807, 2.05) is 0 Å². The first-order valence-electron chi connectivity index (χ1n) is 13.5. The number of benzene rings is 1. The second-order valence-corrected chi connectivity index (χ2v) is 12.9. The van der Waals surface area contributed by atoms with Gasteiger partial charge in [0.15, 0.2) is 23.9 Å². The van der Waals surface area contributed by atoms with Gasteiger partial charge in [-0.15, -0.1) is 0 Å². The molecule has 0 radical (unpaired) electrons. The van der Waals surface area contributed by atoms with Crippen molar-refractivity contribution in [3.05, 3.63) is 35.9 Å². The van der Waals surface area contributed by atoms with Gasteiger partial charge in [0.05, 0.1) is 16.7 Å². The molecule has 1 aromatic rings. The number of hydrogen-bond donors (Lipinski definition) is 3. The van der Waals surface area contributed by atoms with Gasteiger partial charge >= 0.3 is 24.1 Å². The van der Waals surface area contributed by atoms with E-state index in [2.05, 4.69) is 0 Å². The van der Waals surface area contributed by atoms with E-state index in [-0.39, 0.29) is 6.61 Å². The van der Waals surface area contributed by atoms with Crippen molar-refractivity contribution in [1.82, 2.24) is 0 Å².